The number of rotatable bonds is 4. The topological polar surface area (TPSA) is 90.3 Å². The molecule has 2 fully saturated rings. The maximum Gasteiger partial charge on any atom is 0.254 e. The minimum atomic E-state index is 0.0126. The average molecular weight is 499 g/mol. The van der Waals surface area contributed by atoms with Crippen molar-refractivity contribution < 1.29 is 9.53 Å². The number of imidazole rings is 1. The molecule has 0 radical (unpaired) electrons. The summed E-state index contributed by atoms with van der Waals surface area (Å²) in [6.45, 7) is 5.79. The van der Waals surface area contributed by atoms with Crippen LogP contribution in [0.15, 0.2) is 42.5 Å². The highest BCUT2D eigenvalue weighted by molar-refractivity contribution is 6.00. The van der Waals surface area contributed by atoms with E-state index in [1.165, 1.54) is 23.7 Å². The SMILES string of the molecule is N[C@@H]1CCCN(C(=O)c2cc3c4c(c2)nc(-c2cc5ccccc5n2CC2CCNCC2)n4CCO3)C1. The molecule has 8 heteroatoms. The van der Waals surface area contributed by atoms with Crippen LogP contribution in [0.4, 0.5) is 0 Å². The molecular weight excluding hydrogens is 464 g/mol. The van der Waals surface area contributed by atoms with Crippen LogP contribution in [0.5, 0.6) is 5.75 Å². The van der Waals surface area contributed by atoms with Gasteiger partial charge in [-0.1, -0.05) is 18.2 Å². The maximum absolute atomic E-state index is 13.4. The summed E-state index contributed by atoms with van der Waals surface area (Å²) in [6, 6.07) is 14.8. The molecule has 3 N–H and O–H groups in total. The molecule has 0 unspecified atom stereocenters. The fourth-order valence-corrected chi connectivity index (χ4v) is 6.42. The van der Waals surface area contributed by atoms with E-state index in [0.717, 1.165) is 73.9 Å². The van der Waals surface area contributed by atoms with Gasteiger partial charge in [-0.05, 0) is 69.0 Å². The molecule has 0 saturated carbocycles. The zero-order valence-corrected chi connectivity index (χ0v) is 21.2. The second-order valence-electron chi connectivity index (χ2n) is 10.8. The third-order valence-electron chi connectivity index (χ3n) is 8.31. The molecule has 2 saturated heterocycles. The van der Waals surface area contributed by atoms with E-state index < -0.39 is 0 Å². The number of hydrogen-bond donors (Lipinski definition) is 2. The normalized spacial score (nSPS) is 20.5. The quantitative estimate of drug-likeness (QED) is 0.449. The molecular formula is C29H34N6O2. The summed E-state index contributed by atoms with van der Waals surface area (Å²) < 4.78 is 10.8. The number of hydrogen-bond acceptors (Lipinski definition) is 5. The van der Waals surface area contributed by atoms with Crippen LogP contribution in [0.1, 0.15) is 36.0 Å². The van der Waals surface area contributed by atoms with E-state index in [4.69, 9.17) is 15.5 Å². The van der Waals surface area contributed by atoms with Crippen LogP contribution in [-0.4, -0.2) is 63.8 Å². The first kappa shape index (κ1) is 22.8. The predicted molar refractivity (Wildman–Crippen MR) is 145 cm³/mol. The van der Waals surface area contributed by atoms with Gasteiger partial charge in [-0.3, -0.25) is 4.79 Å². The van der Waals surface area contributed by atoms with Gasteiger partial charge < -0.3 is 29.8 Å². The molecule has 8 nitrogen and oxygen atoms in total. The van der Waals surface area contributed by atoms with Crippen molar-refractivity contribution in [3.8, 4) is 17.3 Å². The predicted octanol–water partition coefficient (Wildman–Crippen LogP) is 3.61. The number of para-hydroxylation sites is 1. The van der Waals surface area contributed by atoms with E-state index in [2.05, 4.69) is 44.8 Å². The van der Waals surface area contributed by atoms with Crippen molar-refractivity contribution >= 4 is 27.8 Å². The second-order valence-corrected chi connectivity index (χ2v) is 10.8. The van der Waals surface area contributed by atoms with Gasteiger partial charge in [0.15, 0.2) is 5.82 Å². The van der Waals surface area contributed by atoms with Crippen molar-refractivity contribution in [3.63, 3.8) is 0 Å². The lowest BCUT2D eigenvalue weighted by molar-refractivity contribution is 0.0708. The van der Waals surface area contributed by atoms with Gasteiger partial charge in [0.05, 0.1) is 17.8 Å². The van der Waals surface area contributed by atoms with Gasteiger partial charge in [-0.25, -0.2) is 4.98 Å². The van der Waals surface area contributed by atoms with Crippen LogP contribution < -0.4 is 15.8 Å². The third-order valence-corrected chi connectivity index (χ3v) is 8.31. The molecule has 2 aromatic carbocycles. The number of aromatic nitrogens is 3. The summed E-state index contributed by atoms with van der Waals surface area (Å²) in [4.78, 5) is 20.4. The second kappa shape index (κ2) is 9.19. The van der Waals surface area contributed by atoms with Crippen molar-refractivity contribution in [2.24, 2.45) is 11.7 Å². The molecule has 0 aliphatic carbocycles. The first-order valence-corrected chi connectivity index (χ1v) is 13.7. The van der Waals surface area contributed by atoms with E-state index in [1.807, 2.05) is 17.0 Å². The number of nitrogens with two attached hydrogens (primary N) is 1. The van der Waals surface area contributed by atoms with E-state index in [-0.39, 0.29) is 11.9 Å². The molecule has 1 atom stereocenters. The highest BCUT2D eigenvalue weighted by atomic mass is 16.5. The van der Waals surface area contributed by atoms with Crippen molar-refractivity contribution in [3.05, 3.63) is 48.0 Å². The maximum atomic E-state index is 13.4. The van der Waals surface area contributed by atoms with Gasteiger partial charge in [-0.15, -0.1) is 0 Å². The fourth-order valence-electron chi connectivity index (χ4n) is 6.42. The summed E-state index contributed by atoms with van der Waals surface area (Å²) in [6.07, 6.45) is 4.28. The Morgan fingerprint density at radius 1 is 1.11 bits per heavy atom. The number of fused-ring (bicyclic) bond motifs is 1. The lowest BCUT2D eigenvalue weighted by atomic mass is 9.98. The van der Waals surface area contributed by atoms with Crippen LogP contribution in [0.25, 0.3) is 33.5 Å². The highest BCUT2D eigenvalue weighted by Crippen LogP contribution is 2.37. The first-order valence-electron chi connectivity index (χ1n) is 13.7. The Hall–Kier alpha value is -3.36. The molecule has 7 rings (SSSR count). The molecule has 0 bridgehead atoms. The minimum absolute atomic E-state index is 0.0126. The van der Waals surface area contributed by atoms with Gasteiger partial charge in [0.25, 0.3) is 5.91 Å². The number of benzene rings is 2. The number of carbonyl (C=O) groups is 1. The van der Waals surface area contributed by atoms with Crippen LogP contribution in [-0.2, 0) is 13.1 Å². The van der Waals surface area contributed by atoms with Crippen LogP contribution in [0.2, 0.25) is 0 Å². The molecule has 37 heavy (non-hydrogen) atoms. The standard InChI is InChI=1S/C29H34N6O2/c30-22-5-3-11-33(18-22)29(36)21-14-23-27-26(16-21)37-13-12-34(27)28(32-23)25-15-20-4-1-2-6-24(20)35(25)17-19-7-9-31-10-8-19/h1-2,4,6,14-16,19,22,31H,3,5,7-13,17-18,30H2/t22-/m1/s1. The van der Waals surface area contributed by atoms with E-state index in [9.17, 15) is 4.79 Å². The zero-order chi connectivity index (χ0) is 24.9. The molecule has 2 aromatic heterocycles. The highest BCUT2D eigenvalue weighted by Gasteiger charge is 2.28. The zero-order valence-electron chi connectivity index (χ0n) is 21.2. The number of nitrogens with zero attached hydrogens (tertiary/aromatic N) is 4. The number of amides is 1. The molecule has 3 aliphatic heterocycles. The lowest BCUT2D eigenvalue weighted by Gasteiger charge is -2.31. The fraction of sp³-hybridized carbons (Fsp3) is 0.448. The summed E-state index contributed by atoms with van der Waals surface area (Å²) in [5, 5.41) is 4.72. The summed E-state index contributed by atoms with van der Waals surface area (Å²) in [5.41, 5.74) is 11.0. The minimum Gasteiger partial charge on any atom is -0.489 e. The number of piperidine rings is 2. The van der Waals surface area contributed by atoms with Gasteiger partial charge in [-0.2, -0.15) is 0 Å². The Kier molecular flexibility index (Phi) is 5.66. The smallest absolute Gasteiger partial charge is 0.254 e. The van der Waals surface area contributed by atoms with Crippen LogP contribution >= 0.6 is 0 Å². The summed E-state index contributed by atoms with van der Waals surface area (Å²) >= 11 is 0. The van der Waals surface area contributed by atoms with Gasteiger partial charge in [0, 0.05) is 42.1 Å². The van der Waals surface area contributed by atoms with Crippen LogP contribution in [0, 0.1) is 5.92 Å². The van der Waals surface area contributed by atoms with Gasteiger partial charge >= 0.3 is 0 Å². The Morgan fingerprint density at radius 3 is 2.84 bits per heavy atom. The van der Waals surface area contributed by atoms with Crippen molar-refractivity contribution in [1.29, 1.82) is 0 Å². The Morgan fingerprint density at radius 2 is 1.97 bits per heavy atom. The third kappa shape index (κ3) is 3.99. The number of ether oxygens (including phenoxy) is 1. The Bertz CT molecular complexity index is 1480. The largest absolute Gasteiger partial charge is 0.489 e. The number of likely N-dealkylation sites (tertiary alicyclic amines) is 1. The summed E-state index contributed by atoms with van der Waals surface area (Å²) in [5.74, 6) is 2.35. The number of carbonyl (C=O) groups excluding carboxylic acids is 1. The monoisotopic (exact) mass is 498 g/mol. The number of nitrogens with one attached hydrogen (secondary N) is 1. The molecule has 5 heterocycles. The summed E-state index contributed by atoms with van der Waals surface area (Å²) in [7, 11) is 0. The van der Waals surface area contributed by atoms with Crippen molar-refractivity contribution in [2.75, 3.05) is 32.8 Å². The van der Waals surface area contributed by atoms with Gasteiger partial charge in [0.1, 0.15) is 17.9 Å². The van der Waals surface area contributed by atoms with Crippen LogP contribution in [0.3, 0.4) is 0 Å². The van der Waals surface area contributed by atoms with E-state index >= 15 is 0 Å². The molecule has 192 valence electrons. The van der Waals surface area contributed by atoms with Gasteiger partial charge in [0.2, 0.25) is 0 Å². The average Bonchev–Trinajstić information content (AvgIpc) is 3.48. The van der Waals surface area contributed by atoms with Crippen molar-refractivity contribution in [2.45, 2.75) is 44.8 Å². The lowest BCUT2D eigenvalue weighted by Crippen LogP contribution is -2.45. The molecule has 4 aromatic rings. The Labute approximate surface area is 216 Å². The van der Waals surface area contributed by atoms with E-state index in [0.29, 0.717) is 24.6 Å². The van der Waals surface area contributed by atoms with Crippen molar-refractivity contribution in [1.82, 2.24) is 24.3 Å². The molecule has 1 amide bonds. The molecule has 3 aliphatic rings. The van der Waals surface area contributed by atoms with E-state index in [1.54, 1.807) is 0 Å². The first-order chi connectivity index (χ1) is 18.2. The molecule has 0 spiro atoms. The Balaban J connectivity index is 1.34.